The van der Waals surface area contributed by atoms with Gasteiger partial charge in [0.25, 0.3) is 0 Å². The highest BCUT2D eigenvalue weighted by atomic mass is 16.6. The Morgan fingerprint density at radius 1 is 1.33 bits per heavy atom. The summed E-state index contributed by atoms with van der Waals surface area (Å²) in [7, 11) is 1.83. The van der Waals surface area contributed by atoms with Crippen molar-refractivity contribution < 1.29 is 14.8 Å². The van der Waals surface area contributed by atoms with Crippen LogP contribution in [0.15, 0.2) is 18.2 Å². The van der Waals surface area contributed by atoms with Crippen molar-refractivity contribution in [2.45, 2.75) is 39.2 Å². The first-order valence-corrected chi connectivity index (χ1v) is 7.23. The number of unbranched alkanes of at least 4 members (excludes halogenated alkanes) is 2. The molecule has 1 rings (SSSR count). The zero-order chi connectivity index (χ0) is 15.8. The summed E-state index contributed by atoms with van der Waals surface area (Å²) < 4.78 is 5.54. The standard InChI is InChI=1S/C15H24N2O4/c1-12(2)21-14-9-7-8-13(15(14)17(19)20)16(3)10-5-4-6-11-18/h7-9,12,18H,4-6,10-11H2,1-3H3. The highest BCUT2D eigenvalue weighted by molar-refractivity contribution is 5.69. The van der Waals surface area contributed by atoms with E-state index in [9.17, 15) is 10.1 Å². The minimum atomic E-state index is -0.392. The van der Waals surface area contributed by atoms with Crippen LogP contribution in [0.25, 0.3) is 0 Å². The fraction of sp³-hybridized carbons (Fsp3) is 0.600. The minimum absolute atomic E-state index is 0.0101. The molecule has 0 unspecified atom stereocenters. The van der Waals surface area contributed by atoms with Crippen LogP contribution < -0.4 is 9.64 Å². The highest BCUT2D eigenvalue weighted by Gasteiger charge is 2.23. The molecule has 1 N–H and O–H groups in total. The van der Waals surface area contributed by atoms with Gasteiger partial charge in [0.15, 0.2) is 5.75 Å². The van der Waals surface area contributed by atoms with Crippen molar-refractivity contribution in [1.82, 2.24) is 0 Å². The summed E-state index contributed by atoms with van der Waals surface area (Å²) >= 11 is 0. The largest absolute Gasteiger partial charge is 0.484 e. The topological polar surface area (TPSA) is 75.8 Å². The van der Waals surface area contributed by atoms with Crippen molar-refractivity contribution in [3.05, 3.63) is 28.3 Å². The fourth-order valence-electron chi connectivity index (χ4n) is 2.11. The molecule has 0 aliphatic heterocycles. The van der Waals surface area contributed by atoms with E-state index < -0.39 is 4.92 Å². The number of nitro benzene ring substituents is 1. The third kappa shape index (κ3) is 5.23. The molecule has 0 heterocycles. The van der Waals surface area contributed by atoms with Crippen molar-refractivity contribution >= 4 is 11.4 Å². The van der Waals surface area contributed by atoms with Gasteiger partial charge in [0.05, 0.1) is 11.0 Å². The molecule has 1 aromatic rings. The molecule has 0 spiro atoms. The van der Waals surface area contributed by atoms with Crippen LogP contribution in [-0.2, 0) is 0 Å². The van der Waals surface area contributed by atoms with Crippen molar-refractivity contribution in [2.75, 3.05) is 25.1 Å². The molecule has 0 saturated heterocycles. The van der Waals surface area contributed by atoms with E-state index in [1.165, 1.54) is 0 Å². The van der Waals surface area contributed by atoms with Gasteiger partial charge in [0.1, 0.15) is 5.69 Å². The van der Waals surface area contributed by atoms with Crippen molar-refractivity contribution in [3.8, 4) is 5.75 Å². The molecule has 0 atom stereocenters. The number of hydrogen-bond acceptors (Lipinski definition) is 5. The average molecular weight is 296 g/mol. The number of nitrogens with zero attached hydrogens (tertiary/aromatic N) is 2. The summed E-state index contributed by atoms with van der Waals surface area (Å²) in [6, 6.07) is 5.13. The quantitative estimate of drug-likeness (QED) is 0.431. The van der Waals surface area contributed by atoms with Crippen LogP contribution in [0, 0.1) is 10.1 Å². The number of anilines is 1. The Kier molecular flexibility index (Phi) is 6.94. The molecule has 0 fully saturated rings. The van der Waals surface area contributed by atoms with Crippen LogP contribution in [0.4, 0.5) is 11.4 Å². The molecule has 0 aromatic heterocycles. The van der Waals surface area contributed by atoms with Crippen LogP contribution in [0.1, 0.15) is 33.1 Å². The average Bonchev–Trinajstić information content (AvgIpc) is 2.42. The molecule has 0 aliphatic carbocycles. The van der Waals surface area contributed by atoms with E-state index in [4.69, 9.17) is 9.84 Å². The first-order chi connectivity index (χ1) is 9.97. The lowest BCUT2D eigenvalue weighted by molar-refractivity contribution is -0.385. The van der Waals surface area contributed by atoms with E-state index in [1.807, 2.05) is 25.8 Å². The van der Waals surface area contributed by atoms with Crippen LogP contribution >= 0.6 is 0 Å². The first-order valence-electron chi connectivity index (χ1n) is 7.23. The maximum absolute atomic E-state index is 11.4. The van der Waals surface area contributed by atoms with Gasteiger partial charge in [-0.15, -0.1) is 0 Å². The molecule has 0 bridgehead atoms. The van der Waals surface area contributed by atoms with Crippen LogP contribution in [0.5, 0.6) is 5.75 Å². The molecule has 6 heteroatoms. The normalized spacial score (nSPS) is 10.7. The Morgan fingerprint density at radius 3 is 2.62 bits per heavy atom. The van der Waals surface area contributed by atoms with E-state index in [-0.39, 0.29) is 18.4 Å². The van der Waals surface area contributed by atoms with Gasteiger partial charge >= 0.3 is 5.69 Å². The van der Waals surface area contributed by atoms with Gasteiger partial charge in [-0.1, -0.05) is 6.07 Å². The number of hydrogen-bond donors (Lipinski definition) is 1. The first kappa shape index (κ1) is 17.2. The molecular formula is C15H24N2O4. The Morgan fingerprint density at radius 2 is 2.05 bits per heavy atom. The summed E-state index contributed by atoms with van der Waals surface area (Å²) in [5.41, 5.74) is 0.568. The van der Waals surface area contributed by atoms with E-state index in [2.05, 4.69) is 0 Å². The lowest BCUT2D eigenvalue weighted by Gasteiger charge is -2.20. The molecule has 6 nitrogen and oxygen atoms in total. The number of aliphatic hydroxyl groups is 1. The summed E-state index contributed by atoms with van der Waals surface area (Å²) in [6.07, 6.45) is 2.42. The Balaban J connectivity index is 2.92. The smallest absolute Gasteiger partial charge is 0.333 e. The SMILES string of the molecule is CC(C)Oc1cccc(N(C)CCCCCO)c1[N+](=O)[O-]. The van der Waals surface area contributed by atoms with E-state index in [0.29, 0.717) is 18.0 Å². The summed E-state index contributed by atoms with van der Waals surface area (Å²) in [5, 5.41) is 20.1. The zero-order valence-electron chi connectivity index (χ0n) is 12.9. The van der Waals surface area contributed by atoms with Gasteiger partial charge in [-0.25, -0.2) is 0 Å². The maximum Gasteiger partial charge on any atom is 0.333 e. The van der Waals surface area contributed by atoms with Gasteiger partial charge in [-0.3, -0.25) is 10.1 Å². The molecule has 0 saturated carbocycles. The van der Waals surface area contributed by atoms with Gasteiger partial charge in [0.2, 0.25) is 0 Å². The summed E-state index contributed by atoms with van der Waals surface area (Å²) in [6.45, 7) is 4.57. The fourth-order valence-corrected chi connectivity index (χ4v) is 2.11. The molecular weight excluding hydrogens is 272 g/mol. The lowest BCUT2D eigenvalue weighted by Crippen LogP contribution is -2.20. The van der Waals surface area contributed by atoms with Crippen LogP contribution in [0.2, 0.25) is 0 Å². The van der Waals surface area contributed by atoms with Gasteiger partial charge in [0, 0.05) is 20.2 Å². The van der Waals surface area contributed by atoms with Gasteiger partial charge in [-0.2, -0.15) is 0 Å². The van der Waals surface area contributed by atoms with Crippen molar-refractivity contribution in [2.24, 2.45) is 0 Å². The molecule has 21 heavy (non-hydrogen) atoms. The minimum Gasteiger partial charge on any atom is -0.484 e. The number of aliphatic hydroxyl groups excluding tert-OH is 1. The van der Waals surface area contributed by atoms with Crippen molar-refractivity contribution in [1.29, 1.82) is 0 Å². The van der Waals surface area contributed by atoms with Gasteiger partial charge in [-0.05, 0) is 45.2 Å². The Labute approximate surface area is 125 Å². The molecule has 0 amide bonds. The Bertz CT molecular complexity index is 463. The molecule has 0 radical (unpaired) electrons. The number of para-hydroxylation sites is 1. The van der Waals surface area contributed by atoms with Crippen LogP contribution in [0.3, 0.4) is 0 Å². The third-order valence-electron chi connectivity index (χ3n) is 3.09. The number of rotatable bonds is 9. The molecule has 118 valence electrons. The Hall–Kier alpha value is -1.82. The lowest BCUT2D eigenvalue weighted by atomic mass is 10.2. The van der Waals surface area contributed by atoms with Gasteiger partial charge < -0.3 is 14.7 Å². The second kappa shape index (κ2) is 8.46. The summed E-state index contributed by atoms with van der Waals surface area (Å²) in [4.78, 5) is 12.8. The van der Waals surface area contributed by atoms with E-state index >= 15 is 0 Å². The maximum atomic E-state index is 11.4. The number of benzene rings is 1. The van der Waals surface area contributed by atoms with E-state index in [1.54, 1.807) is 18.2 Å². The predicted octanol–water partition coefficient (Wildman–Crippen LogP) is 2.98. The van der Waals surface area contributed by atoms with E-state index in [0.717, 1.165) is 19.3 Å². The molecule has 0 aliphatic rings. The predicted molar refractivity (Wildman–Crippen MR) is 83.1 cm³/mol. The second-order valence-electron chi connectivity index (χ2n) is 5.25. The third-order valence-corrected chi connectivity index (χ3v) is 3.09. The second-order valence-corrected chi connectivity index (χ2v) is 5.25. The zero-order valence-corrected chi connectivity index (χ0v) is 12.9. The van der Waals surface area contributed by atoms with Crippen LogP contribution in [-0.4, -0.2) is 36.3 Å². The highest BCUT2D eigenvalue weighted by Crippen LogP contribution is 2.37. The van der Waals surface area contributed by atoms with Crippen molar-refractivity contribution in [3.63, 3.8) is 0 Å². The number of nitro groups is 1. The molecule has 1 aromatic carbocycles. The monoisotopic (exact) mass is 296 g/mol. The summed E-state index contributed by atoms with van der Waals surface area (Å²) in [5.74, 6) is 0.301. The number of ether oxygens (including phenoxy) is 1.